The van der Waals surface area contributed by atoms with Gasteiger partial charge in [-0.2, -0.15) is 0 Å². The van der Waals surface area contributed by atoms with Crippen LogP contribution in [0.3, 0.4) is 0 Å². The van der Waals surface area contributed by atoms with Crippen LogP contribution < -0.4 is 20.1 Å². The Balaban J connectivity index is 0.00000220. The van der Waals surface area contributed by atoms with E-state index in [2.05, 4.69) is 10.6 Å². The third-order valence-electron chi connectivity index (χ3n) is 3.29. The number of ether oxygens (including phenoxy) is 2. The highest BCUT2D eigenvalue weighted by Gasteiger charge is 2.24. The molecule has 2 atom stereocenters. The van der Waals surface area contributed by atoms with Crippen LogP contribution in [-0.2, 0) is 4.79 Å². The third kappa shape index (κ3) is 4.43. The molecule has 1 fully saturated rings. The largest absolute Gasteiger partial charge is 0.497 e. The number of nitrogens with one attached hydrogen (secondary N) is 2. The van der Waals surface area contributed by atoms with E-state index < -0.39 is 0 Å². The second-order valence-electron chi connectivity index (χ2n) is 4.61. The zero-order chi connectivity index (χ0) is 14.5. The third-order valence-corrected chi connectivity index (χ3v) is 4.23. The highest BCUT2D eigenvalue weighted by atomic mass is 35.5. The van der Waals surface area contributed by atoms with E-state index in [1.165, 1.54) is 0 Å². The van der Waals surface area contributed by atoms with Gasteiger partial charge in [0.25, 0.3) is 0 Å². The smallest absolute Gasteiger partial charge is 0.238 e. The molecule has 1 aliphatic rings. The highest BCUT2D eigenvalue weighted by Crippen LogP contribution is 2.29. The van der Waals surface area contributed by atoms with Crippen LogP contribution in [0.25, 0.3) is 0 Å². The SMILES string of the molecule is COc1ccc(OC)c(C(C)NC(=O)C2CSCN2)c1.Cl. The number of methoxy groups -OCH3 is 2. The van der Waals surface area contributed by atoms with Crippen molar-refractivity contribution >= 4 is 30.1 Å². The predicted octanol–water partition coefficient (Wildman–Crippen LogP) is 1.97. The second kappa shape index (κ2) is 8.36. The summed E-state index contributed by atoms with van der Waals surface area (Å²) < 4.78 is 10.6. The molecular formula is C14H21ClN2O3S. The fraction of sp³-hybridized carbons (Fsp3) is 0.500. The normalized spacial score (nSPS) is 18.5. The predicted molar refractivity (Wildman–Crippen MR) is 87.6 cm³/mol. The first kappa shape index (κ1) is 17.9. The van der Waals surface area contributed by atoms with Gasteiger partial charge in [0.2, 0.25) is 5.91 Å². The van der Waals surface area contributed by atoms with Crippen molar-refractivity contribution in [2.75, 3.05) is 25.8 Å². The maximum absolute atomic E-state index is 12.1. The van der Waals surface area contributed by atoms with E-state index in [1.807, 2.05) is 25.1 Å². The summed E-state index contributed by atoms with van der Waals surface area (Å²) in [6, 6.07) is 5.33. The van der Waals surface area contributed by atoms with Crippen molar-refractivity contribution in [2.24, 2.45) is 0 Å². The van der Waals surface area contributed by atoms with Crippen LogP contribution in [-0.4, -0.2) is 37.8 Å². The molecule has 0 aliphatic carbocycles. The Morgan fingerprint density at radius 2 is 2.19 bits per heavy atom. The van der Waals surface area contributed by atoms with Gasteiger partial charge >= 0.3 is 0 Å². The highest BCUT2D eigenvalue weighted by molar-refractivity contribution is 7.99. The first-order chi connectivity index (χ1) is 9.65. The molecule has 1 amide bonds. The average molecular weight is 333 g/mol. The molecule has 5 nitrogen and oxygen atoms in total. The van der Waals surface area contributed by atoms with Crippen molar-refractivity contribution in [3.05, 3.63) is 23.8 Å². The van der Waals surface area contributed by atoms with Crippen molar-refractivity contribution < 1.29 is 14.3 Å². The fourth-order valence-corrected chi connectivity index (χ4v) is 3.07. The maximum atomic E-state index is 12.1. The molecule has 118 valence electrons. The van der Waals surface area contributed by atoms with Gasteiger partial charge in [0.1, 0.15) is 11.5 Å². The van der Waals surface area contributed by atoms with Crippen LogP contribution in [0.1, 0.15) is 18.5 Å². The first-order valence-corrected chi connectivity index (χ1v) is 7.64. The molecule has 1 aromatic carbocycles. The molecule has 1 aromatic rings. The first-order valence-electron chi connectivity index (χ1n) is 6.49. The lowest BCUT2D eigenvalue weighted by Crippen LogP contribution is -2.42. The van der Waals surface area contributed by atoms with E-state index in [9.17, 15) is 4.79 Å². The summed E-state index contributed by atoms with van der Waals surface area (Å²) >= 11 is 1.73. The summed E-state index contributed by atoms with van der Waals surface area (Å²) in [5.74, 6) is 3.15. The van der Waals surface area contributed by atoms with Crippen molar-refractivity contribution in [1.29, 1.82) is 0 Å². The zero-order valence-electron chi connectivity index (χ0n) is 12.3. The molecule has 1 saturated heterocycles. The molecule has 7 heteroatoms. The van der Waals surface area contributed by atoms with E-state index >= 15 is 0 Å². The Bertz CT molecular complexity index is 481. The molecule has 0 bridgehead atoms. The summed E-state index contributed by atoms with van der Waals surface area (Å²) in [4.78, 5) is 12.1. The molecule has 0 saturated carbocycles. The number of hydrogen-bond acceptors (Lipinski definition) is 5. The monoisotopic (exact) mass is 332 g/mol. The topological polar surface area (TPSA) is 59.6 Å². The van der Waals surface area contributed by atoms with E-state index in [-0.39, 0.29) is 30.4 Å². The lowest BCUT2D eigenvalue weighted by Gasteiger charge is -2.20. The van der Waals surface area contributed by atoms with Crippen molar-refractivity contribution in [1.82, 2.24) is 10.6 Å². The summed E-state index contributed by atoms with van der Waals surface area (Å²) in [6.45, 7) is 1.94. The van der Waals surface area contributed by atoms with Crippen molar-refractivity contribution in [3.63, 3.8) is 0 Å². The van der Waals surface area contributed by atoms with E-state index in [0.29, 0.717) is 0 Å². The maximum Gasteiger partial charge on any atom is 0.238 e. The molecule has 0 aromatic heterocycles. The van der Waals surface area contributed by atoms with E-state index in [0.717, 1.165) is 28.7 Å². The average Bonchev–Trinajstić information content (AvgIpc) is 3.00. The summed E-state index contributed by atoms with van der Waals surface area (Å²) in [5, 5.41) is 6.17. The Kier molecular flexibility index (Phi) is 7.14. The van der Waals surface area contributed by atoms with Gasteiger partial charge in [0.05, 0.1) is 26.3 Å². The Morgan fingerprint density at radius 1 is 1.43 bits per heavy atom. The summed E-state index contributed by atoms with van der Waals surface area (Å²) in [7, 11) is 3.24. The molecule has 2 rings (SSSR count). The van der Waals surface area contributed by atoms with Crippen LogP contribution in [0.4, 0.5) is 0 Å². The lowest BCUT2D eigenvalue weighted by atomic mass is 10.1. The van der Waals surface area contributed by atoms with Gasteiger partial charge in [0.15, 0.2) is 0 Å². The Morgan fingerprint density at radius 3 is 2.76 bits per heavy atom. The summed E-state index contributed by atoms with van der Waals surface area (Å²) in [6.07, 6.45) is 0. The van der Waals surface area contributed by atoms with Gasteiger partial charge in [-0.1, -0.05) is 0 Å². The number of hydrogen-bond donors (Lipinski definition) is 2. The van der Waals surface area contributed by atoms with Crippen molar-refractivity contribution in [2.45, 2.75) is 19.0 Å². The van der Waals surface area contributed by atoms with Gasteiger partial charge in [-0.25, -0.2) is 0 Å². The molecular weight excluding hydrogens is 312 g/mol. The zero-order valence-corrected chi connectivity index (χ0v) is 14.0. The molecule has 0 spiro atoms. The number of carbonyl (C=O) groups is 1. The fourth-order valence-electron chi connectivity index (χ4n) is 2.13. The van der Waals surface area contributed by atoms with E-state index in [4.69, 9.17) is 9.47 Å². The lowest BCUT2D eigenvalue weighted by molar-refractivity contribution is -0.123. The van der Waals surface area contributed by atoms with E-state index in [1.54, 1.807) is 26.0 Å². The standard InChI is InChI=1S/C14H20N2O3S.ClH/c1-9(16-14(17)12-7-20-8-15-12)11-6-10(18-2)4-5-13(11)19-3;/h4-6,9,12,15H,7-8H2,1-3H3,(H,16,17);1H. The minimum atomic E-state index is -0.139. The van der Waals surface area contributed by atoms with Gasteiger partial charge in [-0.15, -0.1) is 24.2 Å². The molecule has 2 unspecified atom stereocenters. The van der Waals surface area contributed by atoms with Crippen LogP contribution in [0.2, 0.25) is 0 Å². The van der Waals surface area contributed by atoms with Crippen LogP contribution in [0.5, 0.6) is 11.5 Å². The Labute approximate surface area is 135 Å². The number of thioether (sulfide) groups is 1. The van der Waals surface area contributed by atoms with Crippen LogP contribution >= 0.6 is 24.2 Å². The quantitative estimate of drug-likeness (QED) is 0.863. The Hall–Kier alpha value is -1.11. The van der Waals surface area contributed by atoms with Crippen LogP contribution in [0, 0.1) is 0 Å². The van der Waals surface area contributed by atoms with Crippen LogP contribution in [0.15, 0.2) is 18.2 Å². The second-order valence-corrected chi connectivity index (χ2v) is 5.64. The minimum Gasteiger partial charge on any atom is -0.497 e. The van der Waals surface area contributed by atoms with Crippen molar-refractivity contribution in [3.8, 4) is 11.5 Å². The van der Waals surface area contributed by atoms with Gasteiger partial charge in [0, 0.05) is 17.2 Å². The number of rotatable bonds is 5. The molecule has 1 heterocycles. The molecule has 0 radical (unpaired) electrons. The van der Waals surface area contributed by atoms with Gasteiger partial charge in [-0.05, 0) is 25.1 Å². The number of halogens is 1. The van der Waals surface area contributed by atoms with Gasteiger partial charge in [-0.3, -0.25) is 10.1 Å². The number of benzene rings is 1. The molecule has 1 aliphatic heterocycles. The number of amides is 1. The summed E-state index contributed by atoms with van der Waals surface area (Å²) in [5.41, 5.74) is 0.908. The minimum absolute atomic E-state index is 0. The number of carbonyl (C=O) groups excluding carboxylic acids is 1. The molecule has 2 N–H and O–H groups in total. The molecule has 21 heavy (non-hydrogen) atoms. The van der Waals surface area contributed by atoms with Gasteiger partial charge < -0.3 is 14.8 Å².